The lowest BCUT2D eigenvalue weighted by atomic mass is 10.1. The molecule has 0 aliphatic carbocycles. The summed E-state index contributed by atoms with van der Waals surface area (Å²) >= 11 is 0. The Morgan fingerprint density at radius 2 is 2.18 bits per heavy atom. The number of likely N-dealkylation sites (N-methyl/N-ethyl adjacent to an activating group) is 1. The van der Waals surface area contributed by atoms with Crippen molar-refractivity contribution in [2.24, 2.45) is 0 Å². The number of rotatable bonds is 4. The molecule has 0 bridgehead atoms. The first-order valence-electron chi connectivity index (χ1n) is 5.88. The number of amides is 1. The molecule has 4 nitrogen and oxygen atoms in total. The summed E-state index contributed by atoms with van der Waals surface area (Å²) in [5.74, 6) is 0.0491. The molecule has 4 heteroatoms. The molecule has 2 rings (SSSR count). The Labute approximate surface area is 102 Å². The van der Waals surface area contributed by atoms with Gasteiger partial charge in [0.1, 0.15) is 6.04 Å². The van der Waals surface area contributed by atoms with Crippen LogP contribution in [-0.2, 0) is 4.79 Å². The Hall–Kier alpha value is -1.39. The number of benzene rings is 1. The molecule has 92 valence electrons. The first-order valence-corrected chi connectivity index (χ1v) is 5.88. The first kappa shape index (κ1) is 12.1. The highest BCUT2D eigenvalue weighted by molar-refractivity contribution is 6.03. The van der Waals surface area contributed by atoms with Crippen LogP contribution in [0.5, 0.6) is 0 Å². The average molecular weight is 233 g/mol. The van der Waals surface area contributed by atoms with Crippen molar-refractivity contribution in [1.29, 1.82) is 0 Å². The van der Waals surface area contributed by atoms with E-state index in [0.29, 0.717) is 0 Å². The van der Waals surface area contributed by atoms with Crippen LogP contribution in [0.15, 0.2) is 18.2 Å². The number of hydrogen-bond acceptors (Lipinski definition) is 3. The SMILES string of the molecule is Cc1cccc2c1NC(=O)C2NCCN(C)C. The van der Waals surface area contributed by atoms with Crippen molar-refractivity contribution in [3.63, 3.8) is 0 Å². The molecule has 0 saturated heterocycles. The Balaban J connectivity index is 2.10. The zero-order valence-electron chi connectivity index (χ0n) is 10.6. The molecule has 1 aliphatic rings. The highest BCUT2D eigenvalue weighted by Crippen LogP contribution is 2.32. The van der Waals surface area contributed by atoms with Crippen LogP contribution in [0, 0.1) is 6.92 Å². The summed E-state index contributed by atoms with van der Waals surface area (Å²) in [6.07, 6.45) is 0. The summed E-state index contributed by atoms with van der Waals surface area (Å²) < 4.78 is 0. The van der Waals surface area contributed by atoms with Gasteiger partial charge in [-0.05, 0) is 26.6 Å². The van der Waals surface area contributed by atoms with Crippen molar-refractivity contribution in [3.8, 4) is 0 Å². The van der Waals surface area contributed by atoms with Crippen molar-refractivity contribution in [3.05, 3.63) is 29.3 Å². The van der Waals surface area contributed by atoms with E-state index in [9.17, 15) is 4.79 Å². The molecular formula is C13H19N3O. The van der Waals surface area contributed by atoms with Crippen LogP contribution in [0.3, 0.4) is 0 Å². The largest absolute Gasteiger partial charge is 0.324 e. The Morgan fingerprint density at radius 1 is 1.41 bits per heavy atom. The minimum atomic E-state index is -0.204. The third-order valence-electron chi connectivity index (χ3n) is 3.03. The zero-order valence-corrected chi connectivity index (χ0v) is 10.6. The summed E-state index contributed by atoms with van der Waals surface area (Å²) in [7, 11) is 4.04. The summed E-state index contributed by atoms with van der Waals surface area (Å²) in [5.41, 5.74) is 3.15. The number of hydrogen-bond donors (Lipinski definition) is 2. The van der Waals surface area contributed by atoms with E-state index in [0.717, 1.165) is 29.9 Å². The van der Waals surface area contributed by atoms with Crippen LogP contribution >= 0.6 is 0 Å². The van der Waals surface area contributed by atoms with E-state index in [1.165, 1.54) is 0 Å². The molecule has 1 heterocycles. The van der Waals surface area contributed by atoms with Crippen molar-refractivity contribution >= 4 is 11.6 Å². The minimum absolute atomic E-state index is 0.0491. The molecule has 1 amide bonds. The monoisotopic (exact) mass is 233 g/mol. The maximum Gasteiger partial charge on any atom is 0.246 e. The van der Waals surface area contributed by atoms with Crippen LogP contribution in [0.4, 0.5) is 5.69 Å². The van der Waals surface area contributed by atoms with E-state index in [1.807, 2.05) is 39.2 Å². The fourth-order valence-electron chi connectivity index (χ4n) is 2.07. The van der Waals surface area contributed by atoms with E-state index in [-0.39, 0.29) is 11.9 Å². The lowest BCUT2D eigenvalue weighted by Crippen LogP contribution is -2.33. The first-order chi connectivity index (χ1) is 8.09. The number of carbonyl (C=O) groups is 1. The van der Waals surface area contributed by atoms with Gasteiger partial charge >= 0.3 is 0 Å². The van der Waals surface area contributed by atoms with Gasteiger partial charge < -0.3 is 15.5 Å². The van der Waals surface area contributed by atoms with E-state index < -0.39 is 0 Å². The molecule has 1 unspecified atom stereocenters. The fraction of sp³-hybridized carbons (Fsp3) is 0.462. The molecule has 1 atom stereocenters. The minimum Gasteiger partial charge on any atom is -0.324 e. The van der Waals surface area contributed by atoms with Gasteiger partial charge in [0, 0.05) is 24.3 Å². The van der Waals surface area contributed by atoms with Crippen LogP contribution in [0.2, 0.25) is 0 Å². The van der Waals surface area contributed by atoms with Crippen molar-refractivity contribution in [2.75, 3.05) is 32.5 Å². The van der Waals surface area contributed by atoms with E-state index in [2.05, 4.69) is 15.5 Å². The molecule has 1 aromatic carbocycles. The maximum atomic E-state index is 11.9. The van der Waals surface area contributed by atoms with Gasteiger partial charge in [-0.15, -0.1) is 0 Å². The van der Waals surface area contributed by atoms with Gasteiger partial charge in [-0.25, -0.2) is 0 Å². The van der Waals surface area contributed by atoms with Gasteiger partial charge in [-0.2, -0.15) is 0 Å². The van der Waals surface area contributed by atoms with Crippen LogP contribution in [0.1, 0.15) is 17.2 Å². The highest BCUT2D eigenvalue weighted by Gasteiger charge is 2.30. The van der Waals surface area contributed by atoms with E-state index >= 15 is 0 Å². The number of nitrogens with zero attached hydrogens (tertiary/aromatic N) is 1. The van der Waals surface area contributed by atoms with Crippen molar-refractivity contribution < 1.29 is 4.79 Å². The molecule has 0 radical (unpaired) electrons. The fourth-order valence-corrected chi connectivity index (χ4v) is 2.07. The lowest BCUT2D eigenvalue weighted by molar-refractivity contribution is -0.117. The Kier molecular flexibility index (Phi) is 3.45. The quantitative estimate of drug-likeness (QED) is 0.819. The third kappa shape index (κ3) is 2.48. The molecule has 0 saturated carbocycles. The van der Waals surface area contributed by atoms with Gasteiger partial charge in [-0.3, -0.25) is 4.79 Å². The number of aryl methyl sites for hydroxylation is 1. The van der Waals surface area contributed by atoms with E-state index in [1.54, 1.807) is 0 Å². The predicted octanol–water partition coefficient (Wildman–Crippen LogP) is 1.14. The van der Waals surface area contributed by atoms with Gasteiger partial charge in [0.25, 0.3) is 0 Å². The Bertz CT molecular complexity index is 429. The molecule has 1 aliphatic heterocycles. The van der Waals surface area contributed by atoms with Crippen LogP contribution in [-0.4, -0.2) is 38.0 Å². The van der Waals surface area contributed by atoms with Crippen molar-refractivity contribution in [2.45, 2.75) is 13.0 Å². The van der Waals surface area contributed by atoms with Gasteiger partial charge in [0.2, 0.25) is 5.91 Å². The molecular weight excluding hydrogens is 214 g/mol. The second kappa shape index (κ2) is 4.85. The number of fused-ring (bicyclic) bond motifs is 1. The highest BCUT2D eigenvalue weighted by atomic mass is 16.2. The topological polar surface area (TPSA) is 44.4 Å². The zero-order chi connectivity index (χ0) is 12.4. The molecule has 2 N–H and O–H groups in total. The third-order valence-corrected chi connectivity index (χ3v) is 3.03. The van der Waals surface area contributed by atoms with Gasteiger partial charge in [-0.1, -0.05) is 18.2 Å². The molecule has 1 aromatic rings. The number of para-hydroxylation sites is 1. The van der Waals surface area contributed by atoms with E-state index in [4.69, 9.17) is 0 Å². The average Bonchev–Trinajstić information content (AvgIpc) is 2.57. The van der Waals surface area contributed by atoms with Gasteiger partial charge in [0.15, 0.2) is 0 Å². The second-order valence-electron chi connectivity index (χ2n) is 4.72. The molecule has 0 fully saturated rings. The summed E-state index contributed by atoms with van der Waals surface area (Å²) in [4.78, 5) is 14.0. The summed E-state index contributed by atoms with van der Waals surface area (Å²) in [6, 6.07) is 5.81. The summed E-state index contributed by atoms with van der Waals surface area (Å²) in [5, 5.41) is 6.23. The van der Waals surface area contributed by atoms with Crippen LogP contribution in [0.25, 0.3) is 0 Å². The smallest absolute Gasteiger partial charge is 0.246 e. The summed E-state index contributed by atoms with van der Waals surface area (Å²) in [6.45, 7) is 3.74. The maximum absolute atomic E-state index is 11.9. The van der Waals surface area contributed by atoms with Crippen molar-refractivity contribution in [1.82, 2.24) is 10.2 Å². The number of anilines is 1. The molecule has 0 aromatic heterocycles. The second-order valence-corrected chi connectivity index (χ2v) is 4.72. The van der Waals surface area contributed by atoms with Crippen LogP contribution < -0.4 is 10.6 Å². The Morgan fingerprint density at radius 3 is 2.88 bits per heavy atom. The predicted molar refractivity (Wildman–Crippen MR) is 69.1 cm³/mol. The lowest BCUT2D eigenvalue weighted by Gasteiger charge is -2.14. The normalized spacial score (nSPS) is 18.4. The molecule has 17 heavy (non-hydrogen) atoms. The molecule has 0 spiro atoms. The number of carbonyl (C=O) groups excluding carboxylic acids is 1. The van der Waals surface area contributed by atoms with Gasteiger partial charge in [0.05, 0.1) is 0 Å². The standard InChI is InChI=1S/C13H19N3O/c1-9-5-4-6-10-11(9)15-13(17)12(10)14-7-8-16(2)3/h4-6,12,14H,7-8H2,1-3H3,(H,15,17). The number of nitrogens with one attached hydrogen (secondary N) is 2.